The highest BCUT2D eigenvalue weighted by Gasteiger charge is 2.24. The van der Waals surface area contributed by atoms with Gasteiger partial charge in [-0.1, -0.05) is 6.07 Å². The number of sulfonamides is 1. The summed E-state index contributed by atoms with van der Waals surface area (Å²) in [6.45, 7) is 6.98. The second-order valence-electron chi connectivity index (χ2n) is 6.47. The molecule has 0 aliphatic heterocycles. The highest BCUT2D eigenvalue weighted by atomic mass is 32.2. The highest BCUT2D eigenvalue weighted by Crippen LogP contribution is 2.24. The van der Waals surface area contributed by atoms with E-state index in [1.165, 1.54) is 18.5 Å². The molecule has 0 radical (unpaired) electrons. The number of benzene rings is 1. The molecular weight excluding hydrogens is 326 g/mol. The highest BCUT2D eigenvalue weighted by molar-refractivity contribution is 7.89. The van der Waals surface area contributed by atoms with Gasteiger partial charge in [-0.2, -0.15) is 0 Å². The third-order valence-electron chi connectivity index (χ3n) is 3.20. The van der Waals surface area contributed by atoms with Crippen LogP contribution in [0.5, 0.6) is 0 Å². The Kier molecular flexibility index (Phi) is 5.05. The molecule has 128 valence electrons. The molecule has 7 heteroatoms. The second kappa shape index (κ2) is 6.70. The minimum Gasteiger partial charge on any atom is -0.322 e. The van der Waals surface area contributed by atoms with Crippen LogP contribution in [0.3, 0.4) is 0 Å². The summed E-state index contributed by atoms with van der Waals surface area (Å²) in [7, 11) is -3.68. The molecule has 2 N–H and O–H groups in total. The number of aromatic nitrogens is 1. The molecule has 1 heterocycles. The van der Waals surface area contributed by atoms with Gasteiger partial charge in [-0.3, -0.25) is 9.78 Å². The van der Waals surface area contributed by atoms with Crippen molar-refractivity contribution in [3.8, 4) is 0 Å². The number of anilines is 1. The van der Waals surface area contributed by atoms with Crippen molar-refractivity contribution in [2.45, 2.75) is 38.1 Å². The van der Waals surface area contributed by atoms with Gasteiger partial charge < -0.3 is 5.32 Å². The van der Waals surface area contributed by atoms with Crippen LogP contribution in [0.15, 0.2) is 47.6 Å². The average Bonchev–Trinajstić information content (AvgIpc) is 2.47. The Hall–Kier alpha value is -2.25. The standard InChI is InChI=1S/C17H21N3O3S/c1-12-14(19-16(21)13-8-10-18-11-9-13)6-5-7-15(12)24(22,23)20-17(2,3)4/h5-11,20H,1-4H3,(H,19,21). The van der Waals surface area contributed by atoms with Crippen LogP contribution in [0, 0.1) is 6.92 Å². The van der Waals surface area contributed by atoms with Gasteiger partial charge in [-0.25, -0.2) is 13.1 Å². The van der Waals surface area contributed by atoms with Gasteiger partial charge in [0.05, 0.1) is 4.90 Å². The molecule has 1 aromatic heterocycles. The summed E-state index contributed by atoms with van der Waals surface area (Å²) >= 11 is 0. The van der Waals surface area contributed by atoms with E-state index < -0.39 is 15.6 Å². The Labute approximate surface area is 142 Å². The maximum Gasteiger partial charge on any atom is 0.255 e. The lowest BCUT2D eigenvalue weighted by Crippen LogP contribution is -2.40. The molecule has 0 saturated heterocycles. The van der Waals surface area contributed by atoms with Crippen molar-refractivity contribution >= 4 is 21.6 Å². The van der Waals surface area contributed by atoms with Crippen LogP contribution < -0.4 is 10.0 Å². The van der Waals surface area contributed by atoms with Crippen molar-refractivity contribution in [2.75, 3.05) is 5.32 Å². The van der Waals surface area contributed by atoms with E-state index in [-0.39, 0.29) is 10.8 Å². The van der Waals surface area contributed by atoms with Crippen molar-refractivity contribution in [3.63, 3.8) is 0 Å². The van der Waals surface area contributed by atoms with Gasteiger partial charge in [-0.15, -0.1) is 0 Å². The van der Waals surface area contributed by atoms with Gasteiger partial charge in [0.15, 0.2) is 0 Å². The Morgan fingerprint density at radius 3 is 2.29 bits per heavy atom. The zero-order chi connectivity index (χ0) is 18.0. The monoisotopic (exact) mass is 347 g/mol. The molecule has 1 aromatic carbocycles. The van der Waals surface area contributed by atoms with Crippen molar-refractivity contribution in [3.05, 3.63) is 53.9 Å². The predicted molar refractivity (Wildman–Crippen MR) is 93.4 cm³/mol. The summed E-state index contributed by atoms with van der Waals surface area (Å²) in [5.41, 5.74) is 0.789. The van der Waals surface area contributed by atoms with E-state index in [1.807, 2.05) is 0 Å². The molecule has 0 unspecified atom stereocenters. The zero-order valence-corrected chi connectivity index (χ0v) is 14.9. The summed E-state index contributed by atoms with van der Waals surface area (Å²) in [5, 5.41) is 2.74. The lowest BCUT2D eigenvalue weighted by Gasteiger charge is -2.22. The number of nitrogens with zero attached hydrogens (tertiary/aromatic N) is 1. The Morgan fingerprint density at radius 1 is 1.08 bits per heavy atom. The Balaban J connectivity index is 2.33. The van der Waals surface area contributed by atoms with Crippen LogP contribution in [-0.2, 0) is 10.0 Å². The van der Waals surface area contributed by atoms with Crippen molar-refractivity contribution in [1.29, 1.82) is 0 Å². The van der Waals surface area contributed by atoms with Gasteiger partial charge >= 0.3 is 0 Å². The van der Waals surface area contributed by atoms with E-state index in [0.717, 1.165) is 0 Å². The quantitative estimate of drug-likeness (QED) is 0.890. The Bertz CT molecular complexity index is 841. The molecule has 0 saturated carbocycles. The number of rotatable bonds is 4. The molecular formula is C17H21N3O3S. The fourth-order valence-corrected chi connectivity index (χ4v) is 3.88. The van der Waals surface area contributed by atoms with Crippen molar-refractivity contribution in [2.24, 2.45) is 0 Å². The summed E-state index contributed by atoms with van der Waals surface area (Å²) in [4.78, 5) is 16.3. The normalized spacial score (nSPS) is 12.0. The van der Waals surface area contributed by atoms with E-state index in [0.29, 0.717) is 16.8 Å². The van der Waals surface area contributed by atoms with Crippen molar-refractivity contribution < 1.29 is 13.2 Å². The van der Waals surface area contributed by atoms with Gasteiger partial charge in [0.1, 0.15) is 0 Å². The number of carbonyl (C=O) groups is 1. The predicted octanol–water partition coefficient (Wildman–Crippen LogP) is 2.72. The minimum atomic E-state index is -3.68. The van der Waals surface area contributed by atoms with E-state index in [9.17, 15) is 13.2 Å². The summed E-state index contributed by atoms with van der Waals surface area (Å²) in [6, 6.07) is 7.97. The van der Waals surface area contributed by atoms with Crippen LogP contribution >= 0.6 is 0 Å². The third-order valence-corrected chi connectivity index (χ3v) is 5.11. The number of hydrogen-bond acceptors (Lipinski definition) is 4. The first kappa shape index (κ1) is 18.1. The fraction of sp³-hybridized carbons (Fsp3) is 0.294. The molecule has 0 atom stereocenters. The molecule has 0 bridgehead atoms. The molecule has 0 aliphatic rings. The Morgan fingerprint density at radius 2 is 1.71 bits per heavy atom. The fourth-order valence-electron chi connectivity index (χ4n) is 2.20. The first-order valence-electron chi connectivity index (χ1n) is 7.45. The topological polar surface area (TPSA) is 88.2 Å². The van der Waals surface area contributed by atoms with Crippen molar-refractivity contribution in [1.82, 2.24) is 9.71 Å². The molecule has 0 aliphatic carbocycles. The maximum absolute atomic E-state index is 12.5. The maximum atomic E-state index is 12.5. The van der Waals surface area contributed by atoms with Gasteiger partial charge in [0.25, 0.3) is 5.91 Å². The SMILES string of the molecule is Cc1c(NC(=O)c2ccncc2)cccc1S(=O)(=O)NC(C)(C)C. The summed E-state index contributed by atoms with van der Waals surface area (Å²) in [6.07, 6.45) is 3.05. The smallest absolute Gasteiger partial charge is 0.255 e. The molecule has 1 amide bonds. The summed E-state index contributed by atoms with van der Waals surface area (Å²) in [5.74, 6) is -0.321. The largest absolute Gasteiger partial charge is 0.322 e. The molecule has 2 aromatic rings. The minimum absolute atomic E-state index is 0.143. The third kappa shape index (κ3) is 4.39. The number of nitrogens with one attached hydrogen (secondary N) is 2. The van der Waals surface area contributed by atoms with E-state index in [4.69, 9.17) is 0 Å². The van der Waals surface area contributed by atoms with Gasteiger partial charge in [-0.05, 0) is 57.5 Å². The molecule has 6 nitrogen and oxygen atoms in total. The lowest BCUT2D eigenvalue weighted by atomic mass is 10.1. The van der Waals surface area contributed by atoms with E-state index >= 15 is 0 Å². The second-order valence-corrected chi connectivity index (χ2v) is 8.13. The van der Waals surface area contributed by atoms with E-state index in [1.54, 1.807) is 52.0 Å². The van der Waals surface area contributed by atoms with Gasteiger partial charge in [0.2, 0.25) is 10.0 Å². The molecule has 2 rings (SSSR count). The number of pyridine rings is 1. The van der Waals surface area contributed by atoms with Crippen LogP contribution in [0.25, 0.3) is 0 Å². The lowest BCUT2D eigenvalue weighted by molar-refractivity contribution is 0.102. The molecule has 0 fully saturated rings. The van der Waals surface area contributed by atoms with Crippen LogP contribution in [0.4, 0.5) is 5.69 Å². The van der Waals surface area contributed by atoms with Gasteiger partial charge in [0, 0.05) is 29.2 Å². The first-order chi connectivity index (χ1) is 11.1. The number of hydrogen-bond donors (Lipinski definition) is 2. The zero-order valence-electron chi connectivity index (χ0n) is 14.1. The molecule has 0 spiro atoms. The number of amides is 1. The van der Waals surface area contributed by atoms with Crippen LogP contribution in [0.2, 0.25) is 0 Å². The van der Waals surface area contributed by atoms with Crippen LogP contribution in [-0.4, -0.2) is 24.8 Å². The van der Waals surface area contributed by atoms with Crippen LogP contribution in [0.1, 0.15) is 36.7 Å². The number of carbonyl (C=O) groups excluding carboxylic acids is 1. The summed E-state index contributed by atoms with van der Waals surface area (Å²) < 4.78 is 27.7. The van der Waals surface area contributed by atoms with E-state index in [2.05, 4.69) is 15.0 Å². The molecule has 24 heavy (non-hydrogen) atoms. The average molecular weight is 347 g/mol. The first-order valence-corrected chi connectivity index (χ1v) is 8.93.